The summed E-state index contributed by atoms with van der Waals surface area (Å²) >= 11 is 11.9. The number of amides is 1. The summed E-state index contributed by atoms with van der Waals surface area (Å²) in [6, 6.07) is 6.28. The maximum absolute atomic E-state index is 12.1. The summed E-state index contributed by atoms with van der Waals surface area (Å²) in [6.07, 6.45) is 0.653. The van der Waals surface area contributed by atoms with Crippen LogP contribution in [0.5, 0.6) is 0 Å². The van der Waals surface area contributed by atoms with Crippen molar-refractivity contribution >= 4 is 29.1 Å². The van der Waals surface area contributed by atoms with Crippen LogP contribution in [0, 0.1) is 0 Å². The van der Waals surface area contributed by atoms with Crippen molar-refractivity contribution in [3.8, 4) is 11.3 Å². The van der Waals surface area contributed by atoms with Crippen LogP contribution in [0.1, 0.15) is 24.3 Å². The second-order valence-corrected chi connectivity index (χ2v) is 5.73. The van der Waals surface area contributed by atoms with E-state index in [-0.39, 0.29) is 17.6 Å². The molecule has 0 aliphatic rings. The van der Waals surface area contributed by atoms with Gasteiger partial charge in [-0.1, -0.05) is 29.3 Å². The van der Waals surface area contributed by atoms with Gasteiger partial charge in [-0.25, -0.2) is 9.97 Å². The van der Waals surface area contributed by atoms with E-state index in [2.05, 4.69) is 15.3 Å². The standard InChI is InChI=1S/C15H15Cl2N3O2/c1-8(9(2)21)20-15(22)14-6-13(18-7-19-14)10-3-4-11(16)12(17)5-10/h3-9,21H,1-2H3,(H,20,22). The summed E-state index contributed by atoms with van der Waals surface area (Å²) < 4.78 is 0. The Morgan fingerprint density at radius 1 is 1.18 bits per heavy atom. The predicted molar refractivity (Wildman–Crippen MR) is 86.1 cm³/mol. The molecule has 7 heteroatoms. The van der Waals surface area contributed by atoms with Crippen molar-refractivity contribution in [1.82, 2.24) is 15.3 Å². The lowest BCUT2D eigenvalue weighted by Gasteiger charge is -2.16. The molecule has 0 aliphatic heterocycles. The number of carbonyl (C=O) groups is 1. The van der Waals surface area contributed by atoms with Crippen molar-refractivity contribution in [2.45, 2.75) is 26.0 Å². The molecule has 0 saturated carbocycles. The van der Waals surface area contributed by atoms with E-state index < -0.39 is 6.10 Å². The van der Waals surface area contributed by atoms with Crippen molar-refractivity contribution in [2.24, 2.45) is 0 Å². The zero-order valence-corrected chi connectivity index (χ0v) is 13.6. The number of rotatable bonds is 4. The van der Waals surface area contributed by atoms with Gasteiger partial charge in [-0.2, -0.15) is 0 Å². The van der Waals surface area contributed by atoms with Crippen LogP contribution >= 0.6 is 23.2 Å². The molecule has 0 fully saturated rings. The molecular weight excluding hydrogens is 325 g/mol. The molecule has 2 N–H and O–H groups in total. The lowest BCUT2D eigenvalue weighted by molar-refractivity contribution is 0.0869. The van der Waals surface area contributed by atoms with Gasteiger partial charge in [-0.3, -0.25) is 4.79 Å². The molecule has 116 valence electrons. The second-order valence-electron chi connectivity index (χ2n) is 4.92. The van der Waals surface area contributed by atoms with Gasteiger partial charge in [0, 0.05) is 5.56 Å². The van der Waals surface area contributed by atoms with E-state index in [0.717, 1.165) is 5.56 Å². The van der Waals surface area contributed by atoms with Crippen LogP contribution in [-0.2, 0) is 0 Å². The molecule has 2 unspecified atom stereocenters. The topological polar surface area (TPSA) is 75.1 Å². The number of aromatic nitrogens is 2. The molecule has 0 saturated heterocycles. The fourth-order valence-electron chi connectivity index (χ4n) is 1.70. The van der Waals surface area contributed by atoms with E-state index in [1.807, 2.05) is 0 Å². The molecule has 5 nitrogen and oxygen atoms in total. The van der Waals surface area contributed by atoms with Gasteiger partial charge in [0.2, 0.25) is 0 Å². The number of aliphatic hydroxyl groups excluding tert-OH is 1. The first-order valence-corrected chi connectivity index (χ1v) is 7.40. The first-order chi connectivity index (χ1) is 10.4. The quantitative estimate of drug-likeness (QED) is 0.897. The molecule has 1 aromatic carbocycles. The average Bonchev–Trinajstić information content (AvgIpc) is 2.50. The van der Waals surface area contributed by atoms with Crippen LogP contribution in [-0.4, -0.2) is 33.1 Å². The van der Waals surface area contributed by atoms with E-state index in [1.54, 1.807) is 38.1 Å². The fourth-order valence-corrected chi connectivity index (χ4v) is 1.99. The molecule has 22 heavy (non-hydrogen) atoms. The van der Waals surface area contributed by atoms with E-state index in [9.17, 15) is 9.90 Å². The van der Waals surface area contributed by atoms with Crippen molar-refractivity contribution in [3.05, 3.63) is 46.3 Å². The molecule has 0 aliphatic carbocycles. The van der Waals surface area contributed by atoms with E-state index in [1.165, 1.54) is 6.33 Å². The Labute approximate surface area is 138 Å². The van der Waals surface area contributed by atoms with Gasteiger partial charge in [-0.15, -0.1) is 0 Å². The summed E-state index contributed by atoms with van der Waals surface area (Å²) in [5.74, 6) is -0.378. The van der Waals surface area contributed by atoms with Crippen molar-refractivity contribution in [1.29, 1.82) is 0 Å². The Bertz CT molecular complexity index is 692. The Morgan fingerprint density at radius 3 is 2.55 bits per heavy atom. The third-order valence-electron chi connectivity index (χ3n) is 3.20. The molecule has 1 amide bonds. The number of aliphatic hydroxyl groups is 1. The minimum absolute atomic E-state index is 0.212. The maximum atomic E-state index is 12.1. The number of nitrogens with one attached hydrogen (secondary N) is 1. The molecule has 2 atom stereocenters. The van der Waals surface area contributed by atoms with E-state index in [0.29, 0.717) is 15.7 Å². The SMILES string of the molecule is CC(O)C(C)NC(=O)c1cc(-c2ccc(Cl)c(Cl)c2)ncn1. The number of nitrogens with zero attached hydrogens (tertiary/aromatic N) is 2. The normalized spacial score (nSPS) is 13.5. The van der Waals surface area contributed by atoms with Crippen molar-refractivity contribution in [2.75, 3.05) is 0 Å². The highest BCUT2D eigenvalue weighted by atomic mass is 35.5. The van der Waals surface area contributed by atoms with Crippen LogP contribution in [0.2, 0.25) is 10.0 Å². The van der Waals surface area contributed by atoms with Crippen LogP contribution in [0.25, 0.3) is 11.3 Å². The summed E-state index contributed by atoms with van der Waals surface area (Å²) in [7, 11) is 0. The van der Waals surface area contributed by atoms with Crippen LogP contribution in [0.4, 0.5) is 0 Å². The lowest BCUT2D eigenvalue weighted by atomic mass is 10.1. The molecule has 1 heterocycles. The van der Waals surface area contributed by atoms with E-state index in [4.69, 9.17) is 23.2 Å². The van der Waals surface area contributed by atoms with Gasteiger partial charge >= 0.3 is 0 Å². The monoisotopic (exact) mass is 339 g/mol. The number of halogens is 2. The summed E-state index contributed by atoms with van der Waals surface area (Å²) in [5.41, 5.74) is 1.50. The first-order valence-electron chi connectivity index (χ1n) is 6.65. The number of hydrogen-bond donors (Lipinski definition) is 2. The van der Waals surface area contributed by atoms with Gasteiger partial charge in [0.05, 0.1) is 27.9 Å². The third-order valence-corrected chi connectivity index (χ3v) is 3.94. The molecule has 2 rings (SSSR count). The first kappa shape index (κ1) is 16.7. The minimum Gasteiger partial charge on any atom is -0.391 e. The molecule has 1 aromatic heterocycles. The van der Waals surface area contributed by atoms with Crippen LogP contribution in [0.3, 0.4) is 0 Å². The van der Waals surface area contributed by atoms with Gasteiger partial charge < -0.3 is 10.4 Å². The number of hydrogen-bond acceptors (Lipinski definition) is 4. The number of benzene rings is 1. The van der Waals surface area contributed by atoms with Gasteiger partial charge in [0.1, 0.15) is 12.0 Å². The zero-order valence-electron chi connectivity index (χ0n) is 12.0. The third kappa shape index (κ3) is 3.94. The minimum atomic E-state index is -0.652. The van der Waals surface area contributed by atoms with Gasteiger partial charge in [-0.05, 0) is 32.0 Å². The Balaban J connectivity index is 2.26. The van der Waals surface area contributed by atoms with Crippen LogP contribution in [0.15, 0.2) is 30.6 Å². The van der Waals surface area contributed by atoms with Crippen molar-refractivity contribution < 1.29 is 9.90 Å². The van der Waals surface area contributed by atoms with Gasteiger partial charge in [0.25, 0.3) is 5.91 Å². The van der Waals surface area contributed by atoms with E-state index >= 15 is 0 Å². The molecule has 0 spiro atoms. The summed E-state index contributed by atoms with van der Waals surface area (Å²) in [4.78, 5) is 20.2. The predicted octanol–water partition coefficient (Wildman–Crippen LogP) is 2.95. The zero-order chi connectivity index (χ0) is 16.3. The highest BCUT2D eigenvalue weighted by molar-refractivity contribution is 6.42. The average molecular weight is 340 g/mol. The molecule has 2 aromatic rings. The fraction of sp³-hybridized carbons (Fsp3) is 0.267. The van der Waals surface area contributed by atoms with Gasteiger partial charge in [0.15, 0.2) is 0 Å². The summed E-state index contributed by atoms with van der Waals surface area (Å²) in [6.45, 7) is 3.32. The highest BCUT2D eigenvalue weighted by Gasteiger charge is 2.15. The number of carbonyl (C=O) groups excluding carboxylic acids is 1. The van der Waals surface area contributed by atoms with Crippen molar-refractivity contribution in [3.63, 3.8) is 0 Å². The second kappa shape index (κ2) is 7.05. The maximum Gasteiger partial charge on any atom is 0.270 e. The lowest BCUT2D eigenvalue weighted by Crippen LogP contribution is -2.40. The van der Waals surface area contributed by atoms with Crippen LogP contribution < -0.4 is 5.32 Å². The molecule has 0 radical (unpaired) electrons. The Morgan fingerprint density at radius 2 is 1.91 bits per heavy atom. The molecular formula is C15H15Cl2N3O2. The Hall–Kier alpha value is -1.69. The molecule has 0 bridgehead atoms. The Kier molecular flexibility index (Phi) is 5.34. The largest absolute Gasteiger partial charge is 0.391 e. The summed E-state index contributed by atoms with van der Waals surface area (Å²) in [5, 5.41) is 13.0. The highest BCUT2D eigenvalue weighted by Crippen LogP contribution is 2.27. The smallest absolute Gasteiger partial charge is 0.270 e.